The molecule has 89 heavy (non-hydrogen) atoms. The summed E-state index contributed by atoms with van der Waals surface area (Å²) in [6.45, 7) is 5.53. The Kier molecular flexibility index (Phi) is 58.6. The number of amides is 1. The topological polar surface area (TPSA) is 175 Å². The highest BCUT2D eigenvalue weighted by Crippen LogP contribution is 2.26. The molecule has 0 bridgehead atoms. The molecule has 1 heterocycles. The van der Waals surface area contributed by atoms with Crippen LogP contribution >= 0.6 is 0 Å². The number of unbranched alkanes of at least 4 members (excludes halogenated alkanes) is 20. The van der Waals surface area contributed by atoms with Gasteiger partial charge in [-0.15, -0.1) is 0 Å². The number of rotatable bonds is 58. The van der Waals surface area contributed by atoms with E-state index in [1.54, 1.807) is 6.08 Å². The van der Waals surface area contributed by atoms with Crippen molar-refractivity contribution in [1.82, 2.24) is 5.32 Å². The highest BCUT2D eigenvalue weighted by molar-refractivity contribution is 5.80. The van der Waals surface area contributed by atoms with Crippen LogP contribution in [0.1, 0.15) is 258 Å². The largest absolute Gasteiger partial charge is 0.454 e. The van der Waals surface area contributed by atoms with Gasteiger partial charge in [-0.2, -0.15) is 0 Å². The van der Waals surface area contributed by atoms with Crippen molar-refractivity contribution in [2.24, 2.45) is 0 Å². The number of nitrogens with one attached hydrogen (secondary N) is 1. The first kappa shape index (κ1) is 82.3. The number of hydrogen-bond donors (Lipinski definition) is 6. The molecule has 0 spiro atoms. The van der Waals surface area contributed by atoms with Crippen LogP contribution in [-0.4, -0.2) is 99.6 Å². The molecule has 8 atom stereocenters. The lowest BCUT2D eigenvalue weighted by atomic mass is 9.99. The number of aliphatic hydroxyl groups excluding tert-OH is 5. The van der Waals surface area contributed by atoms with Gasteiger partial charge in [0.2, 0.25) is 5.91 Å². The van der Waals surface area contributed by atoms with E-state index in [1.165, 1.54) is 70.6 Å². The SMILES string of the molecule is CC/C=C\C/C=C\C/C=C\C/C=C\C/C=C\C/C=C\CCCCCCCCCCC(=O)OC1C(OCC(NC(=O)C(O)CCC/C=C\C/C=C\C/C=C\C/C=C\C/C=C\C/C=C\CC)C(O)/C=C/CCCCCCCCCCCCC)OC(CO)C(O)C1O. The van der Waals surface area contributed by atoms with Gasteiger partial charge in [-0.1, -0.05) is 281 Å². The molecule has 0 aliphatic carbocycles. The molecule has 6 N–H and O–H groups in total. The molecule has 8 unspecified atom stereocenters. The summed E-state index contributed by atoms with van der Waals surface area (Å²) in [7, 11) is 0. The highest BCUT2D eigenvalue weighted by atomic mass is 16.7. The fourth-order valence-electron chi connectivity index (χ4n) is 9.96. The van der Waals surface area contributed by atoms with Gasteiger partial charge in [-0.3, -0.25) is 9.59 Å². The van der Waals surface area contributed by atoms with Gasteiger partial charge < -0.3 is 45.1 Å². The summed E-state index contributed by atoms with van der Waals surface area (Å²) in [5, 5.41) is 57.2. The second-order valence-electron chi connectivity index (χ2n) is 23.5. The van der Waals surface area contributed by atoms with E-state index in [1.807, 2.05) is 12.2 Å². The van der Waals surface area contributed by atoms with Gasteiger partial charge >= 0.3 is 5.97 Å². The Balaban J connectivity index is 2.64. The number of esters is 1. The van der Waals surface area contributed by atoms with Crippen molar-refractivity contribution in [3.8, 4) is 0 Å². The van der Waals surface area contributed by atoms with Crippen LogP contribution in [0.5, 0.6) is 0 Å². The minimum absolute atomic E-state index is 0.0979. The molecule has 11 heteroatoms. The number of hydrogen-bond acceptors (Lipinski definition) is 10. The average Bonchev–Trinajstić information content (AvgIpc) is 1.85. The second kappa shape index (κ2) is 63.4. The van der Waals surface area contributed by atoms with Crippen molar-refractivity contribution in [3.05, 3.63) is 158 Å². The number of allylic oxidation sites excluding steroid dienone is 25. The third-order valence-corrected chi connectivity index (χ3v) is 15.4. The van der Waals surface area contributed by atoms with Gasteiger partial charge in [0.15, 0.2) is 12.4 Å². The maximum Gasteiger partial charge on any atom is 0.306 e. The van der Waals surface area contributed by atoms with E-state index in [2.05, 4.69) is 166 Å². The van der Waals surface area contributed by atoms with Gasteiger partial charge in [-0.05, 0) is 128 Å². The summed E-state index contributed by atoms with van der Waals surface area (Å²) in [6, 6.07) is -1.06. The zero-order valence-corrected chi connectivity index (χ0v) is 56.0. The minimum Gasteiger partial charge on any atom is -0.454 e. The summed E-state index contributed by atoms with van der Waals surface area (Å²) < 4.78 is 17.7. The van der Waals surface area contributed by atoms with Gasteiger partial charge in [0, 0.05) is 6.42 Å². The standard InChI is InChI=1S/C78H127NO10/c1-4-7-10-13-16-19-22-25-27-29-31-33-34-35-36-37-38-39-41-43-45-48-51-54-57-60-63-66-73(83)89-76-75(85)74(84)72(67-80)88-78(76)87-68-69(70(81)64-61-58-55-52-49-46-24-21-18-15-12-9-6-3)79-77(86)71(82)65-62-59-56-53-50-47-44-42-40-32-30-28-26-23-20-17-14-11-8-5-2/h7-8,10-11,16-17,19-20,25-28,31-33,35-36,38-40,44,47,53,56,61,64,69-72,74-76,78,80-82,84-85H,4-6,9,12-15,18,21-24,29-30,34,37,41-43,45-46,48-52,54-55,57-60,62-63,65-68H2,1-3H3,(H,79,86)/b10-7-,11-8-,19-16-,20-17-,27-25-,28-26-,33-31-,36-35-,39-38-,40-32-,47-44-,56-53-,64-61+. The fourth-order valence-corrected chi connectivity index (χ4v) is 9.96. The molecule has 1 fully saturated rings. The van der Waals surface area contributed by atoms with Crippen molar-refractivity contribution >= 4 is 11.9 Å². The summed E-state index contributed by atoms with van der Waals surface area (Å²) >= 11 is 0. The van der Waals surface area contributed by atoms with Crippen LogP contribution in [0.2, 0.25) is 0 Å². The van der Waals surface area contributed by atoms with E-state index in [4.69, 9.17) is 14.2 Å². The fraction of sp³-hybridized carbons (Fsp3) is 0.641. The molecule has 1 rings (SSSR count). The Morgan fingerprint density at radius 3 is 1.21 bits per heavy atom. The van der Waals surface area contributed by atoms with E-state index >= 15 is 0 Å². The molecule has 1 saturated heterocycles. The van der Waals surface area contributed by atoms with Crippen LogP contribution in [0.25, 0.3) is 0 Å². The Hall–Kier alpha value is -4.72. The summed E-state index contributed by atoms with van der Waals surface area (Å²) in [4.78, 5) is 26.7. The molecular weight excluding hydrogens is 1110 g/mol. The van der Waals surface area contributed by atoms with Crippen LogP contribution in [0.4, 0.5) is 0 Å². The smallest absolute Gasteiger partial charge is 0.306 e. The van der Waals surface area contributed by atoms with Crippen molar-refractivity contribution in [2.45, 2.75) is 307 Å². The number of aliphatic hydroxyl groups is 5. The molecular formula is C78H127NO10. The van der Waals surface area contributed by atoms with Gasteiger partial charge in [-0.25, -0.2) is 0 Å². The molecule has 0 aromatic carbocycles. The number of carbonyl (C=O) groups is 2. The van der Waals surface area contributed by atoms with Crippen molar-refractivity contribution in [3.63, 3.8) is 0 Å². The Bertz CT molecular complexity index is 2060. The van der Waals surface area contributed by atoms with E-state index in [9.17, 15) is 35.1 Å². The van der Waals surface area contributed by atoms with Crippen LogP contribution < -0.4 is 5.32 Å². The lowest BCUT2D eigenvalue weighted by molar-refractivity contribution is -0.305. The molecule has 0 radical (unpaired) electrons. The van der Waals surface area contributed by atoms with E-state index < -0.39 is 67.4 Å². The molecule has 1 amide bonds. The lowest BCUT2D eigenvalue weighted by Gasteiger charge is -2.41. The summed E-state index contributed by atoms with van der Waals surface area (Å²) in [5.74, 6) is -1.26. The second-order valence-corrected chi connectivity index (χ2v) is 23.5. The third kappa shape index (κ3) is 50.6. The van der Waals surface area contributed by atoms with Crippen molar-refractivity contribution in [1.29, 1.82) is 0 Å². The highest BCUT2D eigenvalue weighted by Gasteiger charge is 2.47. The van der Waals surface area contributed by atoms with E-state index in [0.29, 0.717) is 19.3 Å². The molecule has 0 saturated carbocycles. The normalized spacial score (nSPS) is 19.1. The Morgan fingerprint density at radius 1 is 0.449 bits per heavy atom. The minimum atomic E-state index is -1.64. The molecule has 1 aliphatic rings. The predicted octanol–water partition coefficient (Wildman–Crippen LogP) is 18.3. The average molecular weight is 1240 g/mol. The lowest BCUT2D eigenvalue weighted by Crippen LogP contribution is -2.61. The summed E-state index contributed by atoms with van der Waals surface area (Å²) in [5.41, 5.74) is 0. The van der Waals surface area contributed by atoms with E-state index in [-0.39, 0.29) is 19.4 Å². The third-order valence-electron chi connectivity index (χ3n) is 15.4. The van der Waals surface area contributed by atoms with Gasteiger partial charge in [0.1, 0.15) is 24.4 Å². The molecule has 1 aliphatic heterocycles. The van der Waals surface area contributed by atoms with Crippen LogP contribution in [0, 0.1) is 0 Å². The van der Waals surface area contributed by atoms with Gasteiger partial charge in [0.05, 0.1) is 25.4 Å². The van der Waals surface area contributed by atoms with Crippen LogP contribution in [0.15, 0.2) is 158 Å². The predicted molar refractivity (Wildman–Crippen MR) is 374 cm³/mol. The first-order chi connectivity index (χ1) is 43.7. The monoisotopic (exact) mass is 1240 g/mol. The Morgan fingerprint density at radius 2 is 0.809 bits per heavy atom. The Labute approximate surface area is 542 Å². The number of ether oxygens (including phenoxy) is 3. The van der Waals surface area contributed by atoms with Crippen molar-refractivity contribution in [2.75, 3.05) is 13.2 Å². The molecule has 0 aromatic heterocycles. The quantitative estimate of drug-likeness (QED) is 0.0195. The summed E-state index contributed by atoms with van der Waals surface area (Å²) in [6.07, 6.45) is 82.7. The first-order valence-electron chi connectivity index (χ1n) is 35.3. The van der Waals surface area contributed by atoms with E-state index in [0.717, 1.165) is 135 Å². The maximum atomic E-state index is 13.5. The number of carbonyl (C=O) groups excluding carboxylic acids is 2. The van der Waals surface area contributed by atoms with Crippen LogP contribution in [-0.2, 0) is 23.8 Å². The molecule has 11 nitrogen and oxygen atoms in total. The van der Waals surface area contributed by atoms with Crippen LogP contribution in [0.3, 0.4) is 0 Å². The zero-order valence-electron chi connectivity index (χ0n) is 56.0. The zero-order chi connectivity index (χ0) is 64.6. The molecule has 0 aromatic rings. The first-order valence-corrected chi connectivity index (χ1v) is 35.3. The molecule has 504 valence electrons. The maximum absolute atomic E-state index is 13.5. The van der Waals surface area contributed by atoms with Gasteiger partial charge in [0.25, 0.3) is 0 Å². The van der Waals surface area contributed by atoms with Crippen molar-refractivity contribution < 1.29 is 49.3 Å².